The standard InChI is InChI=1S/C4H7N5OPS2/c5-3-7-2(1-10-11(12)13)8-4(6)9-3/h1H2,(H,12,13)(H4,5,6,7,8,9). The molecule has 0 fully saturated rings. The third kappa shape index (κ3) is 3.77. The van der Waals surface area contributed by atoms with E-state index in [9.17, 15) is 0 Å². The molecule has 1 rings (SSSR count). The van der Waals surface area contributed by atoms with Gasteiger partial charge in [0, 0.05) is 0 Å². The van der Waals surface area contributed by atoms with Crippen molar-refractivity contribution in [1.29, 1.82) is 0 Å². The maximum absolute atomic E-state index is 5.33. The summed E-state index contributed by atoms with van der Waals surface area (Å²) in [4.78, 5) is 11.2. The number of hydrogen-bond donors (Lipinski definition) is 3. The van der Waals surface area contributed by atoms with Crippen molar-refractivity contribution in [2.24, 2.45) is 0 Å². The van der Waals surface area contributed by atoms with E-state index >= 15 is 0 Å². The molecular weight excluding hydrogens is 229 g/mol. The highest BCUT2D eigenvalue weighted by Gasteiger charge is 2.01. The fraction of sp³-hybridized carbons (Fsp3) is 0.250. The van der Waals surface area contributed by atoms with Crippen LogP contribution >= 0.6 is 18.4 Å². The van der Waals surface area contributed by atoms with E-state index in [4.69, 9.17) is 27.8 Å². The second-order valence-corrected chi connectivity index (χ2v) is 5.61. The average molecular weight is 236 g/mol. The predicted molar refractivity (Wildman–Crippen MR) is 56.7 cm³/mol. The third-order valence-corrected chi connectivity index (χ3v) is 2.03. The lowest BCUT2D eigenvalue weighted by molar-refractivity contribution is 0.345. The van der Waals surface area contributed by atoms with E-state index in [2.05, 4.69) is 27.2 Å². The van der Waals surface area contributed by atoms with Crippen LogP contribution in [0.5, 0.6) is 0 Å². The summed E-state index contributed by atoms with van der Waals surface area (Å²) >= 11 is 8.62. The lowest BCUT2D eigenvalue weighted by Gasteiger charge is -2.01. The van der Waals surface area contributed by atoms with Gasteiger partial charge in [0.1, 0.15) is 12.7 Å². The second kappa shape index (κ2) is 4.61. The first-order valence-corrected chi connectivity index (χ1v) is 6.55. The van der Waals surface area contributed by atoms with Gasteiger partial charge >= 0.3 is 0 Å². The molecule has 0 saturated heterocycles. The Balaban J connectivity index is 2.71. The fourth-order valence-corrected chi connectivity index (χ4v) is 1.19. The van der Waals surface area contributed by atoms with E-state index in [0.717, 1.165) is 0 Å². The molecule has 1 heterocycles. The highest BCUT2D eigenvalue weighted by atomic mass is 32.9. The Hall–Kier alpha value is -0.560. The topological polar surface area (TPSA) is 99.9 Å². The molecule has 1 atom stereocenters. The molecule has 0 saturated carbocycles. The van der Waals surface area contributed by atoms with Crippen LogP contribution in [0.1, 0.15) is 5.82 Å². The zero-order valence-electron chi connectivity index (χ0n) is 6.41. The molecule has 0 amide bonds. The lowest BCUT2D eigenvalue weighted by atomic mass is 10.6. The minimum Gasteiger partial charge on any atom is -0.368 e. The van der Waals surface area contributed by atoms with Crippen molar-refractivity contribution in [2.75, 3.05) is 11.5 Å². The minimum absolute atomic E-state index is 0.0685. The van der Waals surface area contributed by atoms with Gasteiger partial charge in [-0.2, -0.15) is 15.0 Å². The Morgan fingerprint density at radius 1 is 1.31 bits per heavy atom. The van der Waals surface area contributed by atoms with Crippen molar-refractivity contribution >= 4 is 42.1 Å². The van der Waals surface area contributed by atoms with Crippen molar-refractivity contribution in [3.63, 3.8) is 0 Å². The van der Waals surface area contributed by atoms with Crippen LogP contribution in [0.25, 0.3) is 0 Å². The largest absolute Gasteiger partial charge is 0.368 e. The summed E-state index contributed by atoms with van der Waals surface area (Å²) in [7, 11) is 0. The predicted octanol–water partition coefficient (Wildman–Crippen LogP) is 0.256. The highest BCUT2D eigenvalue weighted by molar-refractivity contribution is 8.54. The van der Waals surface area contributed by atoms with E-state index in [-0.39, 0.29) is 18.5 Å². The van der Waals surface area contributed by atoms with Crippen LogP contribution in [-0.4, -0.2) is 15.0 Å². The van der Waals surface area contributed by atoms with Crippen molar-refractivity contribution in [2.45, 2.75) is 6.61 Å². The number of nitrogens with two attached hydrogens (primary N) is 2. The monoisotopic (exact) mass is 236 g/mol. The molecule has 0 aliphatic rings. The number of anilines is 2. The molecule has 1 aromatic heterocycles. The summed E-state index contributed by atoms with van der Waals surface area (Å²) in [6.45, 7) is 0.148. The first-order chi connectivity index (χ1) is 6.08. The molecule has 1 unspecified atom stereocenters. The van der Waals surface area contributed by atoms with E-state index < -0.39 is 6.13 Å². The molecule has 9 heteroatoms. The van der Waals surface area contributed by atoms with Gasteiger partial charge in [0.15, 0.2) is 5.82 Å². The van der Waals surface area contributed by atoms with Gasteiger partial charge in [-0.3, -0.25) is 0 Å². The Morgan fingerprint density at radius 2 is 1.85 bits per heavy atom. The zero-order chi connectivity index (χ0) is 9.84. The van der Waals surface area contributed by atoms with Crippen molar-refractivity contribution in [3.05, 3.63) is 5.82 Å². The molecule has 6 nitrogen and oxygen atoms in total. The van der Waals surface area contributed by atoms with Crippen LogP contribution in [0.2, 0.25) is 0 Å². The van der Waals surface area contributed by atoms with Gasteiger partial charge in [0.25, 0.3) is 0 Å². The van der Waals surface area contributed by atoms with E-state index in [1.165, 1.54) is 0 Å². The lowest BCUT2D eigenvalue weighted by Crippen LogP contribution is -2.06. The summed E-state index contributed by atoms with van der Waals surface area (Å²) in [6, 6.07) is 0. The van der Waals surface area contributed by atoms with Crippen LogP contribution in [0.4, 0.5) is 11.9 Å². The van der Waals surface area contributed by atoms with E-state index in [0.29, 0.717) is 5.82 Å². The molecular formula is C4H7N5OPS2. The van der Waals surface area contributed by atoms with Gasteiger partial charge in [0.05, 0.1) is 0 Å². The van der Waals surface area contributed by atoms with Crippen LogP contribution < -0.4 is 11.5 Å². The Morgan fingerprint density at radius 3 is 2.31 bits per heavy atom. The molecule has 0 spiro atoms. The fourth-order valence-electron chi connectivity index (χ4n) is 0.634. The molecule has 1 aromatic rings. The van der Waals surface area contributed by atoms with Crippen LogP contribution in [0, 0.1) is 0 Å². The first kappa shape index (κ1) is 10.5. The number of hydrogen-bond acceptors (Lipinski definition) is 7. The first-order valence-electron chi connectivity index (χ1n) is 3.13. The Labute approximate surface area is 85.8 Å². The van der Waals surface area contributed by atoms with Crippen molar-refractivity contribution in [3.8, 4) is 0 Å². The van der Waals surface area contributed by atoms with E-state index in [1.807, 2.05) is 0 Å². The van der Waals surface area contributed by atoms with Crippen LogP contribution in [0.3, 0.4) is 0 Å². The summed E-state index contributed by atoms with van der Waals surface area (Å²) in [5, 5.41) is 0. The molecule has 0 aliphatic heterocycles. The Kier molecular flexibility index (Phi) is 3.73. The smallest absolute Gasteiger partial charge is 0.225 e. The molecule has 0 bridgehead atoms. The second-order valence-electron chi connectivity index (χ2n) is 1.98. The van der Waals surface area contributed by atoms with Crippen LogP contribution in [-0.2, 0) is 22.9 Å². The van der Waals surface area contributed by atoms with Gasteiger partial charge in [-0.15, -0.1) is 0 Å². The molecule has 71 valence electrons. The van der Waals surface area contributed by atoms with Gasteiger partial charge in [-0.05, 0) is 11.8 Å². The van der Waals surface area contributed by atoms with Crippen LogP contribution in [0.15, 0.2) is 0 Å². The SMILES string of the molecule is Nc1nc(N)nc(CO[P](=S)S)n1. The minimum atomic E-state index is -1.15. The van der Waals surface area contributed by atoms with Gasteiger partial charge in [-0.1, -0.05) is 12.2 Å². The highest BCUT2D eigenvalue weighted by Crippen LogP contribution is 2.28. The van der Waals surface area contributed by atoms with Gasteiger partial charge in [-0.25, -0.2) is 0 Å². The number of aromatic nitrogens is 3. The van der Waals surface area contributed by atoms with Gasteiger partial charge in [0.2, 0.25) is 11.9 Å². The molecule has 0 aliphatic carbocycles. The molecule has 13 heavy (non-hydrogen) atoms. The normalized spacial score (nSPS) is 11.3. The summed E-state index contributed by atoms with van der Waals surface area (Å²) < 4.78 is 5.02. The zero-order valence-corrected chi connectivity index (χ0v) is 9.02. The quantitative estimate of drug-likeness (QED) is 0.511. The number of rotatable bonds is 3. The molecule has 0 aromatic carbocycles. The van der Waals surface area contributed by atoms with Crippen molar-refractivity contribution in [1.82, 2.24) is 15.0 Å². The number of nitrogens with zero attached hydrogens (tertiary/aromatic N) is 3. The summed E-state index contributed by atoms with van der Waals surface area (Å²) in [5.74, 6) is 0.495. The molecule has 1 radical (unpaired) electrons. The summed E-state index contributed by atoms with van der Waals surface area (Å²) in [6.07, 6.45) is -1.15. The third-order valence-electron chi connectivity index (χ3n) is 1.02. The maximum atomic E-state index is 5.33. The van der Waals surface area contributed by atoms with E-state index in [1.54, 1.807) is 0 Å². The summed E-state index contributed by atoms with van der Waals surface area (Å²) in [5.41, 5.74) is 10.7. The Bertz CT molecular complexity index is 314. The average Bonchev–Trinajstić information content (AvgIpc) is 1.99. The number of thiol groups is 1. The van der Waals surface area contributed by atoms with Crippen molar-refractivity contribution < 1.29 is 4.52 Å². The van der Waals surface area contributed by atoms with Gasteiger partial charge < -0.3 is 16.0 Å². The molecule has 4 N–H and O–H groups in total. The number of nitrogen functional groups attached to an aromatic ring is 2. The maximum Gasteiger partial charge on any atom is 0.225 e.